The highest BCUT2D eigenvalue weighted by Crippen LogP contribution is 2.25. The molecule has 1 fully saturated rings. The van der Waals surface area contributed by atoms with Gasteiger partial charge in [-0.25, -0.2) is 8.42 Å². The maximum Gasteiger partial charge on any atom is 0.261 e. The quantitative estimate of drug-likeness (QED) is 0.551. The van der Waals surface area contributed by atoms with Crippen molar-refractivity contribution >= 4 is 38.9 Å². The van der Waals surface area contributed by atoms with Crippen LogP contribution in [0.25, 0.3) is 0 Å². The van der Waals surface area contributed by atoms with E-state index in [1.54, 1.807) is 66.6 Å². The molecule has 2 N–H and O–H groups in total. The number of nitrogens with one attached hydrogen (secondary N) is 2. The number of rotatable bonds is 7. The average Bonchev–Trinajstić information content (AvgIpc) is 3.25. The van der Waals surface area contributed by atoms with Crippen LogP contribution in [0.1, 0.15) is 23.2 Å². The van der Waals surface area contributed by atoms with Gasteiger partial charge in [-0.2, -0.15) is 0 Å². The van der Waals surface area contributed by atoms with Crippen LogP contribution in [-0.2, 0) is 14.8 Å². The predicted molar refractivity (Wildman–Crippen MR) is 126 cm³/mol. The van der Waals surface area contributed by atoms with Gasteiger partial charge in [0.25, 0.3) is 15.9 Å². The molecule has 1 saturated heterocycles. The minimum atomic E-state index is -3.95. The third-order valence-electron chi connectivity index (χ3n) is 5.30. The first-order valence-corrected chi connectivity index (χ1v) is 11.8. The maximum atomic E-state index is 13.0. The van der Waals surface area contributed by atoms with E-state index in [0.717, 1.165) is 6.42 Å². The van der Waals surface area contributed by atoms with E-state index < -0.39 is 15.9 Å². The van der Waals surface area contributed by atoms with Crippen LogP contribution in [0.3, 0.4) is 0 Å². The van der Waals surface area contributed by atoms with Crippen LogP contribution in [0.2, 0.25) is 0 Å². The molecule has 1 aliphatic rings. The van der Waals surface area contributed by atoms with E-state index in [1.165, 1.54) is 18.2 Å². The largest absolute Gasteiger partial charge is 0.497 e. The molecule has 0 aliphatic carbocycles. The molecule has 3 aromatic carbocycles. The summed E-state index contributed by atoms with van der Waals surface area (Å²) in [7, 11) is -2.40. The van der Waals surface area contributed by atoms with Crippen molar-refractivity contribution in [3.63, 3.8) is 0 Å². The summed E-state index contributed by atoms with van der Waals surface area (Å²) in [4.78, 5) is 26.4. The van der Waals surface area contributed by atoms with Crippen molar-refractivity contribution in [1.29, 1.82) is 0 Å². The zero-order chi connectivity index (χ0) is 23.4. The molecule has 1 aliphatic heterocycles. The highest BCUT2D eigenvalue weighted by atomic mass is 32.2. The summed E-state index contributed by atoms with van der Waals surface area (Å²) < 4.78 is 33.5. The van der Waals surface area contributed by atoms with Gasteiger partial charge in [0.2, 0.25) is 5.91 Å². The molecular formula is C24H23N3O5S. The Kier molecular flexibility index (Phi) is 6.32. The molecule has 0 bridgehead atoms. The Morgan fingerprint density at radius 3 is 2.30 bits per heavy atom. The third kappa shape index (κ3) is 4.98. The van der Waals surface area contributed by atoms with E-state index in [1.807, 2.05) is 0 Å². The summed E-state index contributed by atoms with van der Waals surface area (Å²) in [6.07, 6.45) is 1.28. The second-order valence-corrected chi connectivity index (χ2v) is 9.16. The SMILES string of the molecule is COc1ccc(NC(=O)c2ccccc2NS(=O)(=O)c2ccc(N3CCCC3=O)cc2)cc1. The number of para-hydroxylation sites is 1. The molecule has 0 aromatic heterocycles. The Hall–Kier alpha value is -3.85. The van der Waals surface area contributed by atoms with E-state index in [-0.39, 0.29) is 22.1 Å². The molecule has 0 saturated carbocycles. The normalized spacial score (nSPS) is 13.6. The molecular weight excluding hydrogens is 442 g/mol. The number of hydrogen-bond donors (Lipinski definition) is 2. The fourth-order valence-corrected chi connectivity index (χ4v) is 4.65. The Bertz CT molecular complexity index is 1270. The van der Waals surface area contributed by atoms with Gasteiger partial charge in [0.1, 0.15) is 5.75 Å². The first-order chi connectivity index (χ1) is 15.9. The average molecular weight is 466 g/mol. The third-order valence-corrected chi connectivity index (χ3v) is 6.68. The number of hydrogen-bond acceptors (Lipinski definition) is 5. The van der Waals surface area contributed by atoms with Crippen molar-refractivity contribution in [1.82, 2.24) is 0 Å². The number of carbonyl (C=O) groups excluding carboxylic acids is 2. The van der Waals surface area contributed by atoms with Crippen molar-refractivity contribution in [2.75, 3.05) is 28.6 Å². The first-order valence-electron chi connectivity index (χ1n) is 10.3. The van der Waals surface area contributed by atoms with Crippen LogP contribution in [0.15, 0.2) is 77.7 Å². The standard InChI is InChI=1S/C24H23N3O5S/c1-32-19-12-8-17(9-13-19)25-24(29)21-5-2-3-6-22(21)26-33(30,31)20-14-10-18(11-15-20)27-16-4-7-23(27)28/h2-3,5-6,8-15,26H,4,7,16H2,1H3,(H,25,29). The summed E-state index contributed by atoms with van der Waals surface area (Å²) >= 11 is 0. The van der Waals surface area contributed by atoms with Gasteiger partial charge in [0.05, 0.1) is 23.3 Å². The van der Waals surface area contributed by atoms with Gasteiger partial charge in [-0.1, -0.05) is 12.1 Å². The zero-order valence-corrected chi connectivity index (χ0v) is 18.8. The molecule has 0 unspecified atom stereocenters. The van der Waals surface area contributed by atoms with E-state index in [2.05, 4.69) is 10.0 Å². The van der Waals surface area contributed by atoms with Crippen LogP contribution >= 0.6 is 0 Å². The van der Waals surface area contributed by atoms with Crippen LogP contribution in [-0.4, -0.2) is 33.9 Å². The van der Waals surface area contributed by atoms with E-state index >= 15 is 0 Å². The monoisotopic (exact) mass is 465 g/mol. The van der Waals surface area contributed by atoms with E-state index in [9.17, 15) is 18.0 Å². The van der Waals surface area contributed by atoms with E-state index in [0.29, 0.717) is 30.1 Å². The maximum absolute atomic E-state index is 13.0. The second-order valence-electron chi connectivity index (χ2n) is 7.48. The van der Waals surface area contributed by atoms with Gasteiger partial charge >= 0.3 is 0 Å². The molecule has 33 heavy (non-hydrogen) atoms. The highest BCUT2D eigenvalue weighted by Gasteiger charge is 2.23. The lowest BCUT2D eigenvalue weighted by Gasteiger charge is -2.16. The first kappa shape index (κ1) is 22.3. The molecule has 0 spiro atoms. The summed E-state index contributed by atoms with van der Waals surface area (Å²) in [6, 6.07) is 19.3. The van der Waals surface area contributed by atoms with Crippen molar-refractivity contribution in [3.05, 3.63) is 78.4 Å². The minimum absolute atomic E-state index is 0.0283. The number of sulfonamides is 1. The molecule has 0 atom stereocenters. The van der Waals surface area contributed by atoms with Crippen molar-refractivity contribution in [3.8, 4) is 5.75 Å². The topological polar surface area (TPSA) is 105 Å². The Morgan fingerprint density at radius 1 is 0.970 bits per heavy atom. The molecule has 8 nitrogen and oxygen atoms in total. The second kappa shape index (κ2) is 9.33. The molecule has 2 amide bonds. The van der Waals surface area contributed by atoms with Gasteiger partial charge in [-0.05, 0) is 67.1 Å². The Morgan fingerprint density at radius 2 is 1.67 bits per heavy atom. The fraction of sp³-hybridized carbons (Fsp3) is 0.167. The summed E-state index contributed by atoms with van der Waals surface area (Å²) in [5, 5.41) is 2.75. The minimum Gasteiger partial charge on any atom is -0.497 e. The molecule has 0 radical (unpaired) electrons. The van der Waals surface area contributed by atoms with Gasteiger partial charge in [0.15, 0.2) is 0 Å². The molecule has 4 rings (SSSR count). The van der Waals surface area contributed by atoms with Crippen LogP contribution in [0, 0.1) is 0 Å². The van der Waals surface area contributed by atoms with Crippen molar-refractivity contribution in [2.45, 2.75) is 17.7 Å². The fourth-order valence-electron chi connectivity index (χ4n) is 3.57. The number of carbonyl (C=O) groups is 2. The number of nitrogens with zero attached hydrogens (tertiary/aromatic N) is 1. The summed E-state index contributed by atoms with van der Waals surface area (Å²) in [5.74, 6) is 0.225. The predicted octanol–water partition coefficient (Wildman–Crippen LogP) is 3.88. The van der Waals surface area contributed by atoms with Gasteiger partial charge in [-0.3, -0.25) is 14.3 Å². The molecule has 170 valence electrons. The lowest BCUT2D eigenvalue weighted by molar-refractivity contribution is -0.117. The van der Waals surface area contributed by atoms with Crippen LogP contribution in [0.5, 0.6) is 5.75 Å². The number of methoxy groups -OCH3 is 1. The van der Waals surface area contributed by atoms with E-state index in [4.69, 9.17) is 4.74 Å². The van der Waals surface area contributed by atoms with Gasteiger partial charge in [-0.15, -0.1) is 0 Å². The Labute approximate surface area is 192 Å². The lowest BCUT2D eigenvalue weighted by Crippen LogP contribution is -2.23. The lowest BCUT2D eigenvalue weighted by atomic mass is 10.1. The number of anilines is 3. The van der Waals surface area contributed by atoms with Gasteiger partial charge < -0.3 is 15.0 Å². The molecule has 1 heterocycles. The van der Waals surface area contributed by atoms with Crippen molar-refractivity contribution in [2.24, 2.45) is 0 Å². The van der Waals surface area contributed by atoms with Crippen molar-refractivity contribution < 1.29 is 22.7 Å². The number of ether oxygens (including phenoxy) is 1. The summed E-state index contributed by atoms with van der Waals surface area (Å²) in [5.41, 5.74) is 1.54. The summed E-state index contributed by atoms with van der Waals surface area (Å²) in [6.45, 7) is 0.625. The number of amides is 2. The zero-order valence-electron chi connectivity index (χ0n) is 17.9. The van der Waals surface area contributed by atoms with Crippen LogP contribution in [0.4, 0.5) is 17.1 Å². The molecule has 3 aromatic rings. The molecule has 9 heteroatoms. The highest BCUT2D eigenvalue weighted by molar-refractivity contribution is 7.92. The smallest absolute Gasteiger partial charge is 0.261 e. The Balaban J connectivity index is 1.52. The van der Waals surface area contributed by atoms with Crippen LogP contribution < -0.4 is 19.7 Å². The number of benzene rings is 3. The van der Waals surface area contributed by atoms with Gasteiger partial charge in [0, 0.05) is 24.3 Å².